The van der Waals surface area contributed by atoms with E-state index in [9.17, 15) is 4.79 Å². The molecule has 0 spiro atoms. The molecule has 0 aliphatic carbocycles. The van der Waals surface area contributed by atoms with Gasteiger partial charge in [-0.15, -0.1) is 10.2 Å². The van der Waals surface area contributed by atoms with E-state index in [1.54, 1.807) is 6.33 Å². The van der Waals surface area contributed by atoms with Crippen molar-refractivity contribution in [3.63, 3.8) is 0 Å². The van der Waals surface area contributed by atoms with Crippen LogP contribution >= 0.6 is 22.6 Å². The first kappa shape index (κ1) is 12.7. The molecule has 0 unspecified atom stereocenters. The number of rotatable bonds is 3. The average molecular weight is 368 g/mol. The number of fused-ring (bicyclic) bond motifs is 1. The second-order valence-electron chi connectivity index (χ2n) is 4.58. The third-order valence-electron chi connectivity index (χ3n) is 3.25. The SMILES string of the molecule is O=C(CN1CCn2cnnc2C1)c1ccc(I)cc1. The number of benzene rings is 1. The molecule has 0 fully saturated rings. The van der Waals surface area contributed by atoms with Gasteiger partial charge in [-0.05, 0) is 34.7 Å². The maximum absolute atomic E-state index is 12.2. The van der Waals surface area contributed by atoms with E-state index in [1.807, 2.05) is 28.8 Å². The first-order valence-corrected chi connectivity index (χ1v) is 7.18. The summed E-state index contributed by atoms with van der Waals surface area (Å²) in [5.74, 6) is 1.09. The molecule has 1 aromatic carbocycles. The van der Waals surface area contributed by atoms with Crippen LogP contribution in [0.1, 0.15) is 16.2 Å². The molecule has 1 aromatic heterocycles. The lowest BCUT2D eigenvalue weighted by atomic mass is 10.1. The third-order valence-corrected chi connectivity index (χ3v) is 3.97. The second-order valence-corrected chi connectivity index (χ2v) is 5.83. The van der Waals surface area contributed by atoms with E-state index in [2.05, 4.69) is 37.7 Å². The summed E-state index contributed by atoms with van der Waals surface area (Å²) in [7, 11) is 0. The van der Waals surface area contributed by atoms with Crippen molar-refractivity contribution in [2.45, 2.75) is 13.1 Å². The smallest absolute Gasteiger partial charge is 0.176 e. The van der Waals surface area contributed by atoms with E-state index >= 15 is 0 Å². The highest BCUT2D eigenvalue weighted by atomic mass is 127. The quantitative estimate of drug-likeness (QED) is 0.610. The average Bonchev–Trinajstić information content (AvgIpc) is 2.87. The molecule has 1 aliphatic heterocycles. The van der Waals surface area contributed by atoms with Crippen LogP contribution in [-0.2, 0) is 13.1 Å². The van der Waals surface area contributed by atoms with Crippen molar-refractivity contribution in [2.75, 3.05) is 13.1 Å². The molecule has 3 rings (SSSR count). The summed E-state index contributed by atoms with van der Waals surface area (Å²) in [5, 5.41) is 7.94. The zero-order chi connectivity index (χ0) is 13.2. The Bertz CT molecular complexity index is 593. The fraction of sp³-hybridized carbons (Fsp3) is 0.308. The van der Waals surface area contributed by atoms with Crippen LogP contribution in [0.5, 0.6) is 0 Å². The molecule has 5 nitrogen and oxygen atoms in total. The minimum absolute atomic E-state index is 0.157. The molecular weight excluding hydrogens is 355 g/mol. The van der Waals surface area contributed by atoms with Crippen LogP contribution in [0.3, 0.4) is 0 Å². The van der Waals surface area contributed by atoms with Gasteiger partial charge in [-0.25, -0.2) is 0 Å². The molecule has 0 amide bonds. The van der Waals surface area contributed by atoms with E-state index in [0.29, 0.717) is 13.1 Å². The van der Waals surface area contributed by atoms with Crippen LogP contribution in [-0.4, -0.2) is 38.5 Å². The number of ketones is 1. The molecule has 19 heavy (non-hydrogen) atoms. The Kier molecular flexibility index (Phi) is 3.61. The number of aromatic nitrogens is 3. The van der Waals surface area contributed by atoms with Gasteiger partial charge in [0.25, 0.3) is 0 Å². The summed E-state index contributed by atoms with van der Waals surface area (Å²) in [6.45, 7) is 2.84. The third kappa shape index (κ3) is 2.84. The predicted molar refractivity (Wildman–Crippen MR) is 78.8 cm³/mol. The minimum atomic E-state index is 0.157. The molecule has 0 N–H and O–H groups in total. The Balaban J connectivity index is 1.66. The fourth-order valence-electron chi connectivity index (χ4n) is 2.18. The molecule has 0 atom stereocenters. The monoisotopic (exact) mass is 368 g/mol. The summed E-state index contributed by atoms with van der Waals surface area (Å²) < 4.78 is 3.17. The normalized spacial score (nSPS) is 15.2. The highest BCUT2D eigenvalue weighted by molar-refractivity contribution is 14.1. The highest BCUT2D eigenvalue weighted by Gasteiger charge is 2.19. The van der Waals surface area contributed by atoms with Crippen molar-refractivity contribution in [3.05, 3.63) is 45.6 Å². The molecule has 0 radical (unpaired) electrons. The molecule has 2 aromatic rings. The van der Waals surface area contributed by atoms with Crippen LogP contribution in [0.15, 0.2) is 30.6 Å². The first-order valence-electron chi connectivity index (χ1n) is 6.10. The largest absolute Gasteiger partial charge is 0.315 e. The Morgan fingerprint density at radius 1 is 1.26 bits per heavy atom. The summed E-state index contributed by atoms with van der Waals surface area (Å²) in [5.41, 5.74) is 0.771. The molecular formula is C13H13IN4O. The van der Waals surface area contributed by atoms with Crippen LogP contribution in [0.4, 0.5) is 0 Å². The van der Waals surface area contributed by atoms with Crippen molar-refractivity contribution in [2.24, 2.45) is 0 Å². The summed E-state index contributed by atoms with van der Waals surface area (Å²) >= 11 is 2.24. The Morgan fingerprint density at radius 3 is 2.84 bits per heavy atom. The second kappa shape index (κ2) is 5.38. The molecule has 6 heteroatoms. The zero-order valence-corrected chi connectivity index (χ0v) is 12.4. The van der Waals surface area contributed by atoms with E-state index in [-0.39, 0.29) is 5.78 Å². The highest BCUT2D eigenvalue weighted by Crippen LogP contribution is 2.12. The lowest BCUT2D eigenvalue weighted by molar-refractivity contribution is 0.0908. The molecule has 1 aliphatic rings. The van der Waals surface area contributed by atoms with E-state index in [4.69, 9.17) is 0 Å². The summed E-state index contributed by atoms with van der Waals surface area (Å²) in [6, 6.07) is 7.69. The van der Waals surface area contributed by atoms with Gasteiger partial charge in [0.15, 0.2) is 5.78 Å². The standard InChI is InChI=1S/C13H13IN4O/c14-11-3-1-10(2-4-11)12(19)7-17-5-6-18-9-15-16-13(18)8-17/h1-4,9H,5-8H2. The van der Waals surface area contributed by atoms with Gasteiger partial charge in [-0.1, -0.05) is 12.1 Å². The lowest BCUT2D eigenvalue weighted by Crippen LogP contribution is -2.37. The van der Waals surface area contributed by atoms with Crippen LogP contribution in [0.2, 0.25) is 0 Å². The fourth-order valence-corrected chi connectivity index (χ4v) is 2.54. The van der Waals surface area contributed by atoms with Crippen molar-refractivity contribution < 1.29 is 4.79 Å². The zero-order valence-electron chi connectivity index (χ0n) is 10.3. The van der Waals surface area contributed by atoms with Crippen molar-refractivity contribution in [1.82, 2.24) is 19.7 Å². The van der Waals surface area contributed by atoms with Gasteiger partial charge >= 0.3 is 0 Å². The van der Waals surface area contributed by atoms with Gasteiger partial charge in [0, 0.05) is 22.2 Å². The van der Waals surface area contributed by atoms with Gasteiger partial charge in [0.1, 0.15) is 12.2 Å². The van der Waals surface area contributed by atoms with Crippen LogP contribution in [0, 0.1) is 3.57 Å². The maximum atomic E-state index is 12.2. The molecule has 98 valence electrons. The van der Waals surface area contributed by atoms with Crippen molar-refractivity contribution >= 4 is 28.4 Å². The number of nitrogens with zero attached hydrogens (tertiary/aromatic N) is 4. The predicted octanol–water partition coefficient (Wildman–Crippen LogP) is 1.58. The topological polar surface area (TPSA) is 51.0 Å². The van der Waals surface area contributed by atoms with Crippen molar-refractivity contribution in [1.29, 1.82) is 0 Å². The number of hydrogen-bond donors (Lipinski definition) is 0. The van der Waals surface area contributed by atoms with Gasteiger partial charge in [-0.2, -0.15) is 0 Å². The molecule has 0 bridgehead atoms. The summed E-state index contributed by atoms with van der Waals surface area (Å²) in [6.07, 6.45) is 1.74. The Labute approximate surface area is 124 Å². The van der Waals surface area contributed by atoms with E-state index in [0.717, 1.165) is 28.0 Å². The van der Waals surface area contributed by atoms with Gasteiger partial charge in [-0.3, -0.25) is 9.69 Å². The van der Waals surface area contributed by atoms with Crippen LogP contribution in [0.25, 0.3) is 0 Å². The van der Waals surface area contributed by atoms with Crippen molar-refractivity contribution in [3.8, 4) is 0 Å². The molecule has 0 saturated heterocycles. The summed E-state index contributed by atoms with van der Waals surface area (Å²) in [4.78, 5) is 14.3. The first-order chi connectivity index (χ1) is 9.22. The molecule has 0 saturated carbocycles. The van der Waals surface area contributed by atoms with E-state index < -0.39 is 0 Å². The van der Waals surface area contributed by atoms with Crippen LogP contribution < -0.4 is 0 Å². The lowest BCUT2D eigenvalue weighted by Gasteiger charge is -2.26. The Hall–Kier alpha value is -1.28. The van der Waals surface area contributed by atoms with Gasteiger partial charge in [0.2, 0.25) is 0 Å². The minimum Gasteiger partial charge on any atom is -0.315 e. The molecule has 2 heterocycles. The number of halogens is 1. The van der Waals surface area contributed by atoms with E-state index in [1.165, 1.54) is 0 Å². The van der Waals surface area contributed by atoms with Gasteiger partial charge in [0.05, 0.1) is 13.1 Å². The van der Waals surface area contributed by atoms with Gasteiger partial charge < -0.3 is 4.57 Å². The number of Topliss-reactive ketones (excluding diaryl/α,β-unsaturated/α-hetero) is 1. The number of carbonyl (C=O) groups is 1. The number of hydrogen-bond acceptors (Lipinski definition) is 4. The Morgan fingerprint density at radius 2 is 2.05 bits per heavy atom. The maximum Gasteiger partial charge on any atom is 0.176 e. The number of carbonyl (C=O) groups excluding carboxylic acids is 1.